The number of fused-ring (bicyclic) bond motifs is 7. The van der Waals surface area contributed by atoms with E-state index in [4.69, 9.17) is 13.1 Å². The summed E-state index contributed by atoms with van der Waals surface area (Å²) < 4.78 is 43.4. The normalized spacial score (nSPS) is 20.6. The molecule has 0 radical (unpaired) electrons. The van der Waals surface area contributed by atoms with Crippen LogP contribution >= 0.6 is 22.7 Å². The van der Waals surface area contributed by atoms with Gasteiger partial charge in [0.2, 0.25) is 0 Å². The Bertz CT molecular complexity index is 2560. The largest absolute Gasteiger partial charge is 0.289 e. The number of aryl methyl sites for hydroxylation is 1. The van der Waals surface area contributed by atoms with E-state index in [1.54, 1.807) is 19.1 Å². The molecule has 0 N–H and O–H groups in total. The first-order valence-electron chi connectivity index (χ1n) is 16.9. The lowest BCUT2D eigenvalue weighted by atomic mass is 9.62. The number of Topliss-reactive ketones (excluding diaryl/α,β-unsaturated/α-hetero) is 2. The number of benzene rings is 2. The van der Waals surface area contributed by atoms with Crippen molar-refractivity contribution in [3.8, 4) is 21.9 Å². The van der Waals surface area contributed by atoms with Gasteiger partial charge < -0.3 is 0 Å². The molecule has 0 saturated heterocycles. The molecule has 262 valence electrons. The van der Waals surface area contributed by atoms with Crippen molar-refractivity contribution >= 4 is 57.5 Å². The minimum absolute atomic E-state index is 0.00120. The molecule has 0 bridgehead atoms. The second kappa shape index (κ2) is 12.2. The molecule has 6 nitrogen and oxygen atoms in total. The lowest BCUT2D eigenvalue weighted by Gasteiger charge is -2.42. The molecule has 4 aliphatic rings. The molecular weight excluding hydrogens is 726 g/mol. The Kier molecular flexibility index (Phi) is 7.91. The second-order valence-electron chi connectivity index (χ2n) is 14.7. The number of nitriles is 2. The average molecular weight is 751 g/mol. The molecule has 1 spiro atoms. The molecule has 1 saturated carbocycles. The smallest absolute Gasteiger partial charge is 0.270 e. The second-order valence-corrected chi connectivity index (χ2v) is 16.8. The van der Waals surface area contributed by atoms with Crippen molar-refractivity contribution in [2.75, 3.05) is 0 Å². The molecule has 2 aromatic heterocycles. The van der Waals surface area contributed by atoms with Gasteiger partial charge >= 0.3 is 0 Å². The highest BCUT2D eigenvalue weighted by molar-refractivity contribution is 7.23. The summed E-state index contributed by atoms with van der Waals surface area (Å²) in [5, 5.41) is 19.7. The Morgan fingerprint density at radius 3 is 1.57 bits per heavy atom. The summed E-state index contributed by atoms with van der Waals surface area (Å²) in [7, 11) is 0. The van der Waals surface area contributed by atoms with Gasteiger partial charge in [0.05, 0.1) is 25.3 Å². The van der Waals surface area contributed by atoms with Crippen LogP contribution in [-0.4, -0.2) is 11.6 Å². The number of halogens is 3. The highest BCUT2D eigenvalue weighted by atomic mass is 32.1. The fraction of sp³-hybridized carbons (Fsp3) is 0.209. The van der Waals surface area contributed by atoms with Crippen LogP contribution in [0.25, 0.3) is 42.7 Å². The fourth-order valence-electron chi connectivity index (χ4n) is 8.22. The first-order chi connectivity index (χ1) is 25.7. The van der Waals surface area contributed by atoms with Crippen molar-refractivity contribution in [2.24, 2.45) is 5.41 Å². The monoisotopic (exact) mass is 750 g/mol. The zero-order valence-corrected chi connectivity index (χ0v) is 30.6. The molecule has 2 aromatic carbocycles. The fourth-order valence-corrected chi connectivity index (χ4v) is 10.8. The Morgan fingerprint density at radius 1 is 0.704 bits per heavy atom. The maximum Gasteiger partial charge on any atom is 0.270 e. The van der Waals surface area contributed by atoms with Gasteiger partial charge in [-0.15, -0.1) is 22.7 Å². The number of hydrogen-bond donors (Lipinski definition) is 0. The Morgan fingerprint density at radius 2 is 1.13 bits per heavy atom. The summed E-state index contributed by atoms with van der Waals surface area (Å²) in [6, 6.07) is 12.1. The summed E-state index contributed by atoms with van der Waals surface area (Å²) in [5.74, 6) is -4.03. The maximum absolute atomic E-state index is 14.7. The third kappa shape index (κ3) is 5.01. The Hall–Kier alpha value is -6.11. The molecule has 4 aromatic rings. The van der Waals surface area contributed by atoms with E-state index in [0.29, 0.717) is 16.0 Å². The van der Waals surface area contributed by atoms with Gasteiger partial charge in [0.1, 0.15) is 5.82 Å². The number of rotatable bonds is 2. The first kappa shape index (κ1) is 34.9. The highest BCUT2D eigenvalue weighted by Gasteiger charge is 2.49. The molecule has 2 heterocycles. The van der Waals surface area contributed by atoms with E-state index in [1.165, 1.54) is 28.7 Å². The first-order valence-corrected chi connectivity index (χ1v) is 18.5. The van der Waals surface area contributed by atoms with Crippen molar-refractivity contribution < 1.29 is 22.8 Å². The van der Waals surface area contributed by atoms with E-state index in [-0.39, 0.29) is 50.1 Å². The van der Waals surface area contributed by atoms with Crippen LogP contribution in [0.3, 0.4) is 0 Å². The van der Waals surface area contributed by atoms with E-state index in [1.807, 2.05) is 18.2 Å². The molecule has 11 heteroatoms. The van der Waals surface area contributed by atoms with E-state index in [9.17, 15) is 33.3 Å². The Labute approximate surface area is 316 Å². The number of carbonyl (C=O) groups excluding carboxylic acids is 2. The lowest BCUT2D eigenvalue weighted by molar-refractivity contribution is 0.103. The van der Waals surface area contributed by atoms with Crippen LogP contribution in [0.5, 0.6) is 0 Å². The van der Waals surface area contributed by atoms with Crippen molar-refractivity contribution in [3.05, 3.63) is 148 Å². The van der Waals surface area contributed by atoms with Crippen LogP contribution in [0, 0.1) is 65.6 Å². The van der Waals surface area contributed by atoms with Gasteiger partial charge in [0.25, 0.3) is 11.4 Å². The van der Waals surface area contributed by atoms with Gasteiger partial charge in [0.15, 0.2) is 23.2 Å². The van der Waals surface area contributed by atoms with Gasteiger partial charge in [-0.2, -0.15) is 0 Å². The average Bonchev–Trinajstić information content (AvgIpc) is 3.91. The molecule has 8 rings (SSSR count). The van der Waals surface area contributed by atoms with Crippen molar-refractivity contribution in [1.82, 2.24) is 0 Å². The summed E-state index contributed by atoms with van der Waals surface area (Å²) in [4.78, 5) is 37.5. The zero-order valence-electron chi connectivity index (χ0n) is 29.0. The lowest BCUT2D eigenvalue weighted by Crippen LogP contribution is -2.33. The molecule has 0 unspecified atom stereocenters. The van der Waals surface area contributed by atoms with E-state index in [0.717, 1.165) is 69.6 Å². The number of hydrogen-bond acceptors (Lipinski definition) is 6. The summed E-state index contributed by atoms with van der Waals surface area (Å²) in [6.45, 7) is 21.3. The van der Waals surface area contributed by atoms with Crippen LogP contribution in [0.15, 0.2) is 58.9 Å². The van der Waals surface area contributed by atoms with E-state index >= 15 is 0 Å². The molecule has 4 aliphatic carbocycles. The van der Waals surface area contributed by atoms with Crippen LogP contribution in [0.1, 0.15) is 97.8 Å². The topological polar surface area (TPSA) is 90.4 Å². The quantitative estimate of drug-likeness (QED) is 0.116. The van der Waals surface area contributed by atoms with Crippen LogP contribution in [-0.2, 0) is 5.41 Å². The van der Waals surface area contributed by atoms with E-state index < -0.39 is 40.1 Å². The third-order valence-electron chi connectivity index (χ3n) is 11.1. The maximum atomic E-state index is 14.7. The van der Waals surface area contributed by atoms with Crippen molar-refractivity contribution in [2.45, 2.75) is 51.9 Å². The molecule has 0 aliphatic heterocycles. The summed E-state index contributed by atoms with van der Waals surface area (Å²) in [5.41, 5.74) is 2.19. The summed E-state index contributed by atoms with van der Waals surface area (Å²) in [6.07, 6.45) is 6.80. The van der Waals surface area contributed by atoms with Crippen LogP contribution in [0.4, 0.5) is 13.2 Å². The number of ketones is 2. The summed E-state index contributed by atoms with van der Waals surface area (Å²) >= 11 is 2.89. The number of nitrogens with zero attached hydrogens (tertiary/aromatic N) is 4. The molecule has 0 amide bonds. The molecule has 54 heavy (non-hydrogen) atoms. The predicted molar refractivity (Wildman–Crippen MR) is 201 cm³/mol. The highest BCUT2D eigenvalue weighted by Crippen LogP contribution is 2.63. The SMILES string of the molecule is [C-]#[N+]C(C#N)=C1/C(=C/c2cc3c(s2)-c2sc(/C=C4\C(=O)c5cc(F)c(F)cc5\C4=C(\C#N)[N+]#[C-])cc2C32CCC(C)(C)CC2)C(=O)c2cc(F)c(C)cc21. The van der Waals surface area contributed by atoms with E-state index in [2.05, 4.69) is 29.6 Å². The Balaban J connectivity index is 1.29. The molecule has 1 fully saturated rings. The van der Waals surface area contributed by atoms with Gasteiger partial charge in [-0.3, -0.25) is 9.59 Å². The third-order valence-corrected chi connectivity index (χ3v) is 13.4. The number of carbonyl (C=O) groups is 2. The molecular formula is C43H25F3N4O2S2. The van der Waals surface area contributed by atoms with Crippen LogP contribution in [0.2, 0.25) is 0 Å². The predicted octanol–water partition coefficient (Wildman–Crippen LogP) is 11.3. The standard InChI is InChI=1S/C43H25F3N4O2S2/c1-20-10-23-25(16-31(20)44)38(51)27(36(23)34(18-47)49-4)11-21-13-29-40(53-21)41-30(43(29)8-6-42(2,3)7-9-43)14-22(54-41)12-28-37(35(19-48)50-5)24-15-32(45)33(46)17-26(24)39(28)52/h10-17H,6-9H2,1-3H3/b27-11-,28-12-,36-34?,37-35+. The zero-order chi connectivity index (χ0) is 38.4. The number of thiophene rings is 2. The minimum Gasteiger partial charge on any atom is -0.289 e. The van der Waals surface area contributed by atoms with Gasteiger partial charge in [-0.1, -0.05) is 13.8 Å². The number of allylic oxidation sites excluding steroid dienone is 6. The van der Waals surface area contributed by atoms with Crippen LogP contribution < -0.4 is 0 Å². The van der Waals surface area contributed by atoms with Crippen molar-refractivity contribution in [1.29, 1.82) is 10.5 Å². The van der Waals surface area contributed by atoms with Crippen molar-refractivity contribution in [3.63, 3.8) is 0 Å². The minimum atomic E-state index is -1.21. The van der Waals surface area contributed by atoms with Gasteiger partial charge in [-0.05, 0) is 114 Å². The molecule has 0 atom stereocenters. The van der Waals surface area contributed by atoms with Gasteiger partial charge in [0, 0.05) is 58.3 Å². The van der Waals surface area contributed by atoms with Gasteiger partial charge in [-0.25, -0.2) is 33.4 Å².